The summed E-state index contributed by atoms with van der Waals surface area (Å²) in [5.41, 5.74) is 1.66. The third kappa shape index (κ3) is 4.90. The Morgan fingerprint density at radius 1 is 1.03 bits per heavy atom. The van der Waals surface area contributed by atoms with Gasteiger partial charge in [0.15, 0.2) is 0 Å². The summed E-state index contributed by atoms with van der Waals surface area (Å²) in [4.78, 5) is 38.2. The summed E-state index contributed by atoms with van der Waals surface area (Å²) in [5, 5.41) is 0.698. The quantitative estimate of drug-likeness (QED) is 0.351. The molecule has 0 atom stereocenters. The molecule has 2 aromatic heterocycles. The lowest BCUT2D eigenvalue weighted by Crippen LogP contribution is -2.49. The average molecular weight is 535 g/mol. The lowest BCUT2D eigenvalue weighted by Gasteiger charge is -2.35. The minimum atomic E-state index is -0.622. The van der Waals surface area contributed by atoms with Gasteiger partial charge in [0.2, 0.25) is 0 Å². The number of piperazine rings is 1. The Labute approximate surface area is 210 Å². The first-order valence-electron chi connectivity index (χ1n) is 11.3. The summed E-state index contributed by atoms with van der Waals surface area (Å²) in [6.07, 6.45) is 1.55. The van der Waals surface area contributed by atoms with Crippen molar-refractivity contribution in [3.63, 3.8) is 0 Å². The molecule has 1 saturated heterocycles. The number of nitrogens with zero attached hydrogens (tertiary/aromatic N) is 4. The fraction of sp³-hybridized carbons (Fsp3) is 0.231. The predicted octanol–water partition coefficient (Wildman–Crippen LogP) is 4.37. The maximum atomic E-state index is 13.1. The minimum Gasteiger partial charge on any atom is -0.494 e. The minimum absolute atomic E-state index is 0.0453. The van der Waals surface area contributed by atoms with E-state index in [2.05, 4.69) is 30.8 Å². The van der Waals surface area contributed by atoms with Crippen LogP contribution in [0.2, 0.25) is 0 Å². The van der Waals surface area contributed by atoms with Crippen LogP contribution in [-0.4, -0.2) is 53.6 Å². The van der Waals surface area contributed by atoms with Crippen molar-refractivity contribution in [2.45, 2.75) is 6.92 Å². The zero-order valence-corrected chi connectivity index (χ0v) is 20.7. The summed E-state index contributed by atoms with van der Waals surface area (Å²) in [7, 11) is 0. The van der Waals surface area contributed by atoms with Gasteiger partial charge in [0.25, 0.3) is 5.91 Å². The molecule has 1 aliphatic heterocycles. The van der Waals surface area contributed by atoms with E-state index in [9.17, 15) is 9.59 Å². The number of amides is 1. The molecule has 3 heterocycles. The van der Waals surface area contributed by atoms with Gasteiger partial charge in [-0.15, -0.1) is 0 Å². The van der Waals surface area contributed by atoms with Gasteiger partial charge in [0, 0.05) is 47.7 Å². The smallest absolute Gasteiger partial charge is 0.349 e. The van der Waals surface area contributed by atoms with Crippen molar-refractivity contribution in [1.82, 2.24) is 14.9 Å². The number of ether oxygens (including phenoxy) is 1. The van der Waals surface area contributed by atoms with E-state index in [0.717, 1.165) is 27.3 Å². The number of rotatable bonds is 5. The largest absolute Gasteiger partial charge is 0.494 e. The van der Waals surface area contributed by atoms with E-state index in [1.165, 1.54) is 0 Å². The number of benzene rings is 2. The molecule has 0 unspecified atom stereocenters. The van der Waals surface area contributed by atoms with Crippen molar-refractivity contribution in [2.24, 2.45) is 0 Å². The second kappa shape index (κ2) is 9.87. The number of carbonyl (C=O) groups excluding carboxylic acids is 1. The molecule has 35 heavy (non-hydrogen) atoms. The van der Waals surface area contributed by atoms with Crippen LogP contribution in [0.15, 0.2) is 74.6 Å². The van der Waals surface area contributed by atoms with Crippen molar-refractivity contribution >= 4 is 38.6 Å². The SMILES string of the molecule is CCOc1ccc(-c2cc(N3CCN(C(=O)c4cc5cc(Br)ccc5oc4=O)CC3)ncn2)cc1. The maximum Gasteiger partial charge on any atom is 0.349 e. The van der Waals surface area contributed by atoms with Gasteiger partial charge in [-0.1, -0.05) is 15.9 Å². The van der Waals surface area contributed by atoms with E-state index in [-0.39, 0.29) is 11.5 Å². The van der Waals surface area contributed by atoms with Crippen LogP contribution in [0.25, 0.3) is 22.2 Å². The third-order valence-electron chi connectivity index (χ3n) is 5.93. The Morgan fingerprint density at radius 3 is 2.54 bits per heavy atom. The number of halogens is 1. The van der Waals surface area contributed by atoms with Gasteiger partial charge in [-0.25, -0.2) is 14.8 Å². The van der Waals surface area contributed by atoms with Crippen LogP contribution < -0.4 is 15.3 Å². The number of hydrogen-bond donors (Lipinski definition) is 0. The van der Waals surface area contributed by atoms with Crippen LogP contribution in [-0.2, 0) is 0 Å². The van der Waals surface area contributed by atoms with E-state index in [1.807, 2.05) is 43.3 Å². The topological polar surface area (TPSA) is 88.8 Å². The van der Waals surface area contributed by atoms with Crippen LogP contribution in [0.3, 0.4) is 0 Å². The second-order valence-electron chi connectivity index (χ2n) is 8.13. The Balaban J connectivity index is 1.29. The van der Waals surface area contributed by atoms with E-state index < -0.39 is 5.63 Å². The van der Waals surface area contributed by atoms with Crippen molar-refractivity contribution in [2.75, 3.05) is 37.7 Å². The average Bonchev–Trinajstić information content (AvgIpc) is 2.89. The molecule has 0 saturated carbocycles. The summed E-state index contributed by atoms with van der Waals surface area (Å²) in [5.74, 6) is 1.29. The molecule has 1 amide bonds. The van der Waals surface area contributed by atoms with Gasteiger partial charge in [0.05, 0.1) is 12.3 Å². The highest BCUT2D eigenvalue weighted by Crippen LogP contribution is 2.24. The molecular formula is C26H23BrN4O4. The lowest BCUT2D eigenvalue weighted by molar-refractivity contribution is 0.0742. The van der Waals surface area contributed by atoms with Crippen molar-refractivity contribution in [1.29, 1.82) is 0 Å². The fourth-order valence-electron chi connectivity index (χ4n) is 4.12. The molecule has 1 fully saturated rings. The first-order valence-corrected chi connectivity index (χ1v) is 12.1. The van der Waals surface area contributed by atoms with Crippen LogP contribution in [0.5, 0.6) is 5.75 Å². The lowest BCUT2D eigenvalue weighted by atomic mass is 10.1. The van der Waals surface area contributed by atoms with Gasteiger partial charge in [-0.2, -0.15) is 0 Å². The standard InChI is InChI=1S/C26H23BrN4O4/c1-2-34-20-6-3-17(4-7-20)22-15-24(29-16-28-22)30-9-11-31(12-10-30)25(32)21-14-18-13-19(27)5-8-23(18)35-26(21)33/h3-8,13-16H,2,9-12H2,1H3. The van der Waals surface area contributed by atoms with Gasteiger partial charge in [0.1, 0.15) is 29.0 Å². The molecule has 0 spiro atoms. The molecule has 0 bridgehead atoms. The molecular weight excluding hydrogens is 512 g/mol. The summed E-state index contributed by atoms with van der Waals surface area (Å²) < 4.78 is 11.7. The van der Waals surface area contributed by atoms with Crippen molar-refractivity contribution in [3.05, 3.63) is 81.4 Å². The summed E-state index contributed by atoms with van der Waals surface area (Å²) >= 11 is 3.41. The predicted molar refractivity (Wildman–Crippen MR) is 137 cm³/mol. The zero-order valence-electron chi connectivity index (χ0n) is 19.1. The molecule has 4 aromatic rings. The van der Waals surface area contributed by atoms with Crippen molar-refractivity contribution < 1.29 is 13.9 Å². The molecule has 8 nitrogen and oxygen atoms in total. The molecule has 2 aromatic carbocycles. The highest BCUT2D eigenvalue weighted by Gasteiger charge is 2.26. The molecule has 0 N–H and O–H groups in total. The highest BCUT2D eigenvalue weighted by atomic mass is 79.9. The zero-order chi connectivity index (χ0) is 24.4. The van der Waals surface area contributed by atoms with Gasteiger partial charge in [-0.3, -0.25) is 4.79 Å². The number of aromatic nitrogens is 2. The molecule has 0 aliphatic carbocycles. The first kappa shape index (κ1) is 23.0. The fourth-order valence-corrected chi connectivity index (χ4v) is 4.50. The van der Waals surface area contributed by atoms with E-state index in [4.69, 9.17) is 9.15 Å². The third-order valence-corrected chi connectivity index (χ3v) is 6.42. The first-order chi connectivity index (χ1) is 17.0. The van der Waals surface area contributed by atoms with Crippen LogP contribution in [0.4, 0.5) is 5.82 Å². The Kier molecular flexibility index (Phi) is 6.50. The molecule has 178 valence electrons. The summed E-state index contributed by atoms with van der Waals surface area (Å²) in [6, 6.07) is 16.7. The Morgan fingerprint density at radius 2 is 1.80 bits per heavy atom. The van der Waals surface area contributed by atoms with Crippen LogP contribution >= 0.6 is 15.9 Å². The van der Waals surface area contributed by atoms with E-state index in [1.54, 1.807) is 29.4 Å². The number of carbonyl (C=O) groups is 1. The molecule has 5 rings (SSSR count). The normalized spacial score (nSPS) is 13.8. The molecule has 0 radical (unpaired) electrons. The second-order valence-corrected chi connectivity index (χ2v) is 9.04. The highest BCUT2D eigenvalue weighted by molar-refractivity contribution is 9.10. The number of hydrogen-bond acceptors (Lipinski definition) is 7. The Hall–Kier alpha value is -3.72. The van der Waals surface area contributed by atoms with E-state index >= 15 is 0 Å². The Bertz CT molecular complexity index is 1430. The monoisotopic (exact) mass is 534 g/mol. The van der Waals surface area contributed by atoms with Crippen LogP contribution in [0.1, 0.15) is 17.3 Å². The van der Waals surface area contributed by atoms with Crippen LogP contribution in [0, 0.1) is 0 Å². The van der Waals surface area contributed by atoms with Gasteiger partial charge >= 0.3 is 5.63 Å². The number of anilines is 1. The van der Waals surface area contributed by atoms with Gasteiger partial charge in [-0.05, 0) is 55.5 Å². The maximum absolute atomic E-state index is 13.1. The van der Waals surface area contributed by atoms with Crippen molar-refractivity contribution in [3.8, 4) is 17.0 Å². The molecule has 1 aliphatic rings. The van der Waals surface area contributed by atoms with Gasteiger partial charge < -0.3 is 19.0 Å². The summed E-state index contributed by atoms with van der Waals surface area (Å²) in [6.45, 7) is 4.70. The van der Waals surface area contributed by atoms with E-state index in [0.29, 0.717) is 43.8 Å². The number of fused-ring (bicyclic) bond motifs is 1. The molecule has 9 heteroatoms.